The zero-order valence-electron chi connectivity index (χ0n) is 8.80. The molecule has 0 aliphatic carbocycles. The van der Waals surface area contributed by atoms with Gasteiger partial charge in [-0.1, -0.05) is 6.07 Å². The van der Waals surface area contributed by atoms with Gasteiger partial charge in [-0.15, -0.1) is 0 Å². The first-order chi connectivity index (χ1) is 7.04. The molecule has 0 fully saturated rings. The molecule has 0 saturated heterocycles. The largest absolute Gasteiger partial charge is 0.395 e. The Morgan fingerprint density at radius 2 is 1.93 bits per heavy atom. The van der Waals surface area contributed by atoms with Crippen LogP contribution in [-0.2, 0) is 0 Å². The van der Waals surface area contributed by atoms with E-state index >= 15 is 0 Å². The minimum Gasteiger partial charge on any atom is -0.395 e. The molecular weight excluding hydrogens is 200 g/mol. The number of halogens is 2. The molecule has 2 N–H and O–H groups in total. The Balaban J connectivity index is 2.73. The lowest BCUT2D eigenvalue weighted by molar-refractivity contribution is 0.243. The molecule has 0 aliphatic heterocycles. The standard InChI is InChI=1S/C11H15F2NO/c1-7(6-15)14-8(2)9-3-4-10(12)11(13)5-9/h3-5,7-8,14-15H,6H2,1-2H3/t7-,8?/m1/s1. The van der Waals surface area contributed by atoms with Gasteiger partial charge in [-0.25, -0.2) is 8.78 Å². The van der Waals surface area contributed by atoms with Gasteiger partial charge in [0.25, 0.3) is 0 Å². The summed E-state index contributed by atoms with van der Waals surface area (Å²) in [5.41, 5.74) is 0.661. The summed E-state index contributed by atoms with van der Waals surface area (Å²) in [5, 5.41) is 11.9. The van der Waals surface area contributed by atoms with E-state index in [1.165, 1.54) is 6.07 Å². The number of nitrogens with one attached hydrogen (secondary N) is 1. The molecule has 1 aromatic rings. The number of benzene rings is 1. The first-order valence-corrected chi connectivity index (χ1v) is 4.86. The molecule has 0 spiro atoms. The van der Waals surface area contributed by atoms with Crippen LogP contribution < -0.4 is 5.32 Å². The van der Waals surface area contributed by atoms with Crippen molar-refractivity contribution in [3.05, 3.63) is 35.4 Å². The highest BCUT2D eigenvalue weighted by atomic mass is 19.2. The van der Waals surface area contributed by atoms with Crippen molar-refractivity contribution in [2.75, 3.05) is 6.61 Å². The van der Waals surface area contributed by atoms with Gasteiger partial charge in [0.05, 0.1) is 6.61 Å². The molecule has 2 nitrogen and oxygen atoms in total. The molecule has 2 atom stereocenters. The lowest BCUT2D eigenvalue weighted by Gasteiger charge is -2.18. The van der Waals surface area contributed by atoms with Crippen LogP contribution in [0.5, 0.6) is 0 Å². The van der Waals surface area contributed by atoms with Gasteiger partial charge < -0.3 is 10.4 Å². The summed E-state index contributed by atoms with van der Waals surface area (Å²) in [5.74, 6) is -1.70. The quantitative estimate of drug-likeness (QED) is 0.805. The fourth-order valence-electron chi connectivity index (χ4n) is 1.36. The first kappa shape index (κ1) is 12.1. The normalized spacial score (nSPS) is 15.0. The first-order valence-electron chi connectivity index (χ1n) is 4.86. The number of rotatable bonds is 4. The number of hydrogen-bond acceptors (Lipinski definition) is 2. The van der Waals surface area contributed by atoms with Gasteiger partial charge in [0.2, 0.25) is 0 Å². The third kappa shape index (κ3) is 3.25. The van der Waals surface area contributed by atoms with Gasteiger partial charge in [-0.2, -0.15) is 0 Å². The minimum absolute atomic E-state index is 0.00795. The zero-order valence-corrected chi connectivity index (χ0v) is 8.80. The molecule has 1 aromatic carbocycles. The second kappa shape index (κ2) is 5.19. The Morgan fingerprint density at radius 3 is 2.47 bits per heavy atom. The summed E-state index contributed by atoms with van der Waals surface area (Å²) in [7, 11) is 0. The minimum atomic E-state index is -0.849. The highest BCUT2D eigenvalue weighted by Gasteiger charge is 2.10. The van der Waals surface area contributed by atoms with E-state index in [-0.39, 0.29) is 18.7 Å². The van der Waals surface area contributed by atoms with Gasteiger partial charge in [0.1, 0.15) is 0 Å². The summed E-state index contributed by atoms with van der Waals surface area (Å²) >= 11 is 0. The van der Waals surface area contributed by atoms with E-state index in [9.17, 15) is 8.78 Å². The van der Waals surface area contributed by atoms with Crippen LogP contribution in [0.25, 0.3) is 0 Å². The number of aliphatic hydroxyl groups is 1. The molecule has 0 radical (unpaired) electrons. The van der Waals surface area contributed by atoms with Crippen molar-refractivity contribution < 1.29 is 13.9 Å². The van der Waals surface area contributed by atoms with Crippen LogP contribution in [0.1, 0.15) is 25.5 Å². The summed E-state index contributed by atoms with van der Waals surface area (Å²) in [6.07, 6.45) is 0. The average molecular weight is 215 g/mol. The fraction of sp³-hybridized carbons (Fsp3) is 0.455. The van der Waals surface area contributed by atoms with Crippen molar-refractivity contribution in [3.8, 4) is 0 Å². The van der Waals surface area contributed by atoms with Crippen LogP contribution in [0, 0.1) is 11.6 Å². The topological polar surface area (TPSA) is 32.3 Å². The monoisotopic (exact) mass is 215 g/mol. The smallest absolute Gasteiger partial charge is 0.159 e. The predicted octanol–water partition coefficient (Wildman–Crippen LogP) is 2.00. The van der Waals surface area contributed by atoms with E-state index in [0.29, 0.717) is 5.56 Å². The molecule has 0 saturated carbocycles. The van der Waals surface area contributed by atoms with Crippen molar-refractivity contribution in [2.24, 2.45) is 0 Å². The van der Waals surface area contributed by atoms with Crippen molar-refractivity contribution in [1.82, 2.24) is 5.32 Å². The van der Waals surface area contributed by atoms with Gasteiger partial charge >= 0.3 is 0 Å². The van der Waals surface area contributed by atoms with Gasteiger partial charge in [-0.3, -0.25) is 0 Å². The molecule has 0 bridgehead atoms. The van der Waals surface area contributed by atoms with E-state index in [0.717, 1.165) is 12.1 Å². The van der Waals surface area contributed by atoms with Crippen LogP contribution in [0.4, 0.5) is 8.78 Å². The maximum Gasteiger partial charge on any atom is 0.159 e. The highest BCUT2D eigenvalue weighted by molar-refractivity contribution is 5.20. The summed E-state index contributed by atoms with van der Waals surface area (Å²) in [6.45, 7) is 3.66. The van der Waals surface area contributed by atoms with Gasteiger partial charge in [0, 0.05) is 12.1 Å². The van der Waals surface area contributed by atoms with Crippen LogP contribution >= 0.6 is 0 Å². The lowest BCUT2D eigenvalue weighted by Crippen LogP contribution is -2.31. The molecule has 0 aliphatic rings. The van der Waals surface area contributed by atoms with Gasteiger partial charge in [0.15, 0.2) is 11.6 Å². The van der Waals surface area contributed by atoms with Crippen molar-refractivity contribution >= 4 is 0 Å². The number of hydrogen-bond donors (Lipinski definition) is 2. The Hall–Kier alpha value is -1.00. The molecule has 0 heterocycles. The summed E-state index contributed by atoms with van der Waals surface area (Å²) in [4.78, 5) is 0. The Kier molecular flexibility index (Phi) is 4.17. The molecule has 0 amide bonds. The van der Waals surface area contributed by atoms with E-state index < -0.39 is 11.6 Å². The SMILES string of the molecule is CC(N[C@H](C)CO)c1ccc(F)c(F)c1. The predicted molar refractivity (Wildman–Crippen MR) is 54.5 cm³/mol. The Bertz CT molecular complexity index is 330. The zero-order chi connectivity index (χ0) is 11.4. The molecule has 84 valence electrons. The van der Waals surface area contributed by atoms with Crippen LogP contribution in [0.2, 0.25) is 0 Å². The molecule has 4 heteroatoms. The molecule has 15 heavy (non-hydrogen) atoms. The molecule has 1 rings (SSSR count). The molecular formula is C11H15F2NO. The van der Waals surface area contributed by atoms with Gasteiger partial charge in [-0.05, 0) is 31.5 Å². The number of aliphatic hydroxyl groups excluding tert-OH is 1. The maximum absolute atomic E-state index is 12.9. The van der Waals surface area contributed by atoms with Crippen molar-refractivity contribution in [2.45, 2.75) is 25.9 Å². The summed E-state index contributed by atoms with van der Waals surface area (Å²) < 4.78 is 25.6. The fourth-order valence-corrected chi connectivity index (χ4v) is 1.36. The van der Waals surface area contributed by atoms with E-state index in [2.05, 4.69) is 5.32 Å². The summed E-state index contributed by atoms with van der Waals surface area (Å²) in [6, 6.07) is 3.60. The van der Waals surface area contributed by atoms with Crippen LogP contribution in [-0.4, -0.2) is 17.8 Å². The van der Waals surface area contributed by atoms with Crippen molar-refractivity contribution in [1.29, 1.82) is 0 Å². The molecule has 0 aromatic heterocycles. The Morgan fingerprint density at radius 1 is 1.27 bits per heavy atom. The maximum atomic E-state index is 12.9. The van der Waals surface area contributed by atoms with E-state index in [1.807, 2.05) is 13.8 Å². The van der Waals surface area contributed by atoms with Crippen LogP contribution in [0.15, 0.2) is 18.2 Å². The third-order valence-corrected chi connectivity index (χ3v) is 2.25. The average Bonchev–Trinajstić information content (AvgIpc) is 2.21. The second-order valence-corrected chi connectivity index (χ2v) is 3.65. The van der Waals surface area contributed by atoms with E-state index in [4.69, 9.17) is 5.11 Å². The lowest BCUT2D eigenvalue weighted by atomic mass is 10.1. The second-order valence-electron chi connectivity index (χ2n) is 3.65. The van der Waals surface area contributed by atoms with Crippen LogP contribution in [0.3, 0.4) is 0 Å². The Labute approximate surface area is 87.9 Å². The van der Waals surface area contributed by atoms with E-state index in [1.54, 1.807) is 0 Å². The van der Waals surface area contributed by atoms with Crippen molar-refractivity contribution in [3.63, 3.8) is 0 Å². The molecule has 1 unspecified atom stereocenters. The highest BCUT2D eigenvalue weighted by Crippen LogP contribution is 2.16. The third-order valence-electron chi connectivity index (χ3n) is 2.25.